The Kier molecular flexibility index (Phi) is 7.61. The van der Waals surface area contributed by atoms with Gasteiger partial charge in [0, 0.05) is 41.5 Å². The maximum atomic E-state index is 13.7. The van der Waals surface area contributed by atoms with Gasteiger partial charge >= 0.3 is 6.18 Å². The Morgan fingerprint density at radius 2 is 1.86 bits per heavy atom. The number of aromatic nitrogens is 2. The number of nitrogens with zero attached hydrogens (tertiary/aromatic N) is 3. The molecule has 0 bridgehead atoms. The van der Waals surface area contributed by atoms with Crippen molar-refractivity contribution in [1.82, 2.24) is 14.5 Å². The number of alkyl halides is 3. The Labute approximate surface area is 219 Å². The fourth-order valence-electron chi connectivity index (χ4n) is 6.12. The van der Waals surface area contributed by atoms with Crippen LogP contribution in [0.5, 0.6) is 5.75 Å². The van der Waals surface area contributed by atoms with Gasteiger partial charge in [-0.3, -0.25) is 4.57 Å². The van der Waals surface area contributed by atoms with E-state index in [4.69, 9.17) is 9.47 Å². The molecule has 3 aromatic rings. The minimum atomic E-state index is -4.57. The molecule has 0 N–H and O–H groups in total. The molecule has 5 rings (SSSR count). The van der Waals surface area contributed by atoms with Crippen molar-refractivity contribution in [2.24, 2.45) is 0 Å². The van der Waals surface area contributed by atoms with Gasteiger partial charge in [0.1, 0.15) is 11.6 Å². The summed E-state index contributed by atoms with van der Waals surface area (Å²) in [7, 11) is 5.65. The monoisotopic (exact) mass is 539 g/mol. The molecule has 1 aromatic heterocycles. The molecule has 5 nitrogen and oxygen atoms in total. The molecule has 4 atom stereocenters. The summed E-state index contributed by atoms with van der Waals surface area (Å²) in [5.41, 5.74) is 1.75. The molecule has 1 spiro atoms. The first-order chi connectivity index (χ1) is 17.1. The summed E-state index contributed by atoms with van der Waals surface area (Å²) >= 11 is 0. The van der Waals surface area contributed by atoms with Gasteiger partial charge in [0.05, 0.1) is 19.3 Å². The number of imidazole rings is 1. The van der Waals surface area contributed by atoms with Crippen molar-refractivity contribution < 1.29 is 27.0 Å². The van der Waals surface area contributed by atoms with Crippen LogP contribution in [0.25, 0.3) is 5.69 Å². The predicted molar refractivity (Wildman–Crippen MR) is 134 cm³/mol. The third-order valence-corrected chi connectivity index (χ3v) is 7.70. The van der Waals surface area contributed by atoms with E-state index in [1.54, 1.807) is 25.3 Å². The van der Waals surface area contributed by atoms with Crippen molar-refractivity contribution in [3.63, 3.8) is 0 Å². The van der Waals surface area contributed by atoms with Crippen LogP contribution in [0.1, 0.15) is 48.0 Å². The number of hydrogen-bond donors (Lipinski definition) is 0. The number of ether oxygens (including phenoxy) is 2. The molecule has 10 heteroatoms. The van der Waals surface area contributed by atoms with Gasteiger partial charge in [-0.05, 0) is 69.3 Å². The molecule has 37 heavy (non-hydrogen) atoms. The van der Waals surface area contributed by atoms with E-state index in [0.717, 1.165) is 34.7 Å². The third kappa shape index (κ3) is 4.96. The van der Waals surface area contributed by atoms with E-state index in [9.17, 15) is 17.6 Å². The molecule has 0 unspecified atom stereocenters. The molecule has 0 amide bonds. The zero-order valence-corrected chi connectivity index (χ0v) is 21.7. The van der Waals surface area contributed by atoms with Crippen LogP contribution >= 0.6 is 12.4 Å². The van der Waals surface area contributed by atoms with Crippen molar-refractivity contribution >= 4 is 12.4 Å². The molecule has 1 aliphatic carbocycles. The van der Waals surface area contributed by atoms with Crippen LogP contribution in [0.3, 0.4) is 0 Å². The lowest BCUT2D eigenvalue weighted by Gasteiger charge is -2.36. The van der Waals surface area contributed by atoms with Crippen LogP contribution in [-0.4, -0.2) is 53.9 Å². The molecule has 2 aromatic carbocycles. The van der Waals surface area contributed by atoms with E-state index >= 15 is 0 Å². The second-order valence-corrected chi connectivity index (χ2v) is 9.92. The normalized spacial score (nSPS) is 25.6. The molecule has 2 fully saturated rings. The summed E-state index contributed by atoms with van der Waals surface area (Å²) in [4.78, 5) is 5.71. The number of likely N-dealkylation sites (N-methyl/N-ethyl adjacent to an activating group) is 1. The molecule has 1 saturated carbocycles. The van der Waals surface area contributed by atoms with Gasteiger partial charge in [-0.1, -0.05) is 12.1 Å². The lowest BCUT2D eigenvalue weighted by Crippen LogP contribution is -2.40. The molecule has 200 valence electrons. The van der Waals surface area contributed by atoms with Crippen LogP contribution in [-0.2, 0) is 10.9 Å². The molecular formula is C27H30ClF4N3O2. The molecular weight excluding hydrogens is 510 g/mol. The number of halogens is 5. The Hall–Kier alpha value is -2.62. The van der Waals surface area contributed by atoms with Crippen LogP contribution in [0, 0.1) is 5.82 Å². The highest BCUT2D eigenvalue weighted by Crippen LogP contribution is 2.55. The third-order valence-electron chi connectivity index (χ3n) is 7.70. The lowest BCUT2D eigenvalue weighted by molar-refractivity contribution is -0.145. The van der Waals surface area contributed by atoms with Crippen molar-refractivity contribution in [2.75, 3.05) is 27.8 Å². The fourth-order valence-corrected chi connectivity index (χ4v) is 6.12. The average molecular weight is 540 g/mol. The van der Waals surface area contributed by atoms with Gasteiger partial charge in [-0.15, -0.1) is 12.4 Å². The van der Waals surface area contributed by atoms with Crippen LogP contribution in [0.4, 0.5) is 17.6 Å². The van der Waals surface area contributed by atoms with Gasteiger partial charge in [0.2, 0.25) is 5.82 Å². The van der Waals surface area contributed by atoms with Crippen LogP contribution in [0.2, 0.25) is 0 Å². The summed E-state index contributed by atoms with van der Waals surface area (Å²) < 4.78 is 67.4. The first kappa shape index (κ1) is 27.4. The maximum absolute atomic E-state index is 13.7. The number of benzene rings is 2. The molecule has 1 saturated heterocycles. The van der Waals surface area contributed by atoms with Crippen molar-refractivity contribution in [3.05, 3.63) is 77.6 Å². The van der Waals surface area contributed by atoms with Gasteiger partial charge in [0.15, 0.2) is 0 Å². The van der Waals surface area contributed by atoms with Crippen molar-refractivity contribution in [3.8, 4) is 11.4 Å². The van der Waals surface area contributed by atoms with E-state index in [1.807, 2.05) is 26.2 Å². The minimum absolute atomic E-state index is 0. The highest BCUT2D eigenvalue weighted by Gasteiger charge is 2.55. The topological polar surface area (TPSA) is 39.5 Å². The quantitative estimate of drug-likeness (QED) is 0.361. The second kappa shape index (κ2) is 10.3. The summed E-state index contributed by atoms with van der Waals surface area (Å²) in [6.45, 7) is 0.424. The highest BCUT2D eigenvalue weighted by atomic mass is 35.5. The first-order valence-electron chi connectivity index (χ1n) is 12.0. The Bertz CT molecular complexity index is 1230. The maximum Gasteiger partial charge on any atom is 0.450 e. The summed E-state index contributed by atoms with van der Waals surface area (Å²) in [6, 6.07) is 11.9. The van der Waals surface area contributed by atoms with Gasteiger partial charge in [-0.2, -0.15) is 13.2 Å². The Balaban J connectivity index is 0.00000320. The van der Waals surface area contributed by atoms with Crippen molar-refractivity contribution in [2.45, 2.75) is 48.9 Å². The lowest BCUT2D eigenvalue weighted by atomic mass is 9.78. The zero-order chi connectivity index (χ0) is 25.7. The number of methoxy groups -OCH3 is 1. The van der Waals surface area contributed by atoms with E-state index < -0.39 is 17.6 Å². The van der Waals surface area contributed by atoms with Crippen molar-refractivity contribution in [1.29, 1.82) is 0 Å². The predicted octanol–water partition coefficient (Wildman–Crippen LogP) is 6.21. The summed E-state index contributed by atoms with van der Waals surface area (Å²) in [5, 5.41) is 0. The van der Waals surface area contributed by atoms with Gasteiger partial charge in [-0.25, -0.2) is 9.37 Å². The summed E-state index contributed by atoms with van der Waals surface area (Å²) in [6.07, 6.45) is 0.351. The summed E-state index contributed by atoms with van der Waals surface area (Å²) in [5.74, 6) is -0.673. The molecule has 0 radical (unpaired) electrons. The molecule has 2 heterocycles. The standard InChI is InChI=1S/C27H29F4N3O2.ClH/c1-33(2)22-10-11-26(24(22)17-4-6-19(28)7-5-17)15-18(16-36-26)21-14-20(8-9-23(21)35-3)34-13-12-32-25(34)27(29,30)31;/h4-9,12-14,18,22,24H,10-11,15-16H2,1-3H3;1H/t18-,22+,24-,26-;/m1./s1. The van der Waals surface area contributed by atoms with E-state index in [0.29, 0.717) is 24.5 Å². The average Bonchev–Trinajstić information content (AvgIpc) is 3.58. The highest BCUT2D eigenvalue weighted by molar-refractivity contribution is 5.85. The second-order valence-electron chi connectivity index (χ2n) is 9.92. The smallest absolute Gasteiger partial charge is 0.450 e. The van der Waals surface area contributed by atoms with E-state index in [1.165, 1.54) is 18.3 Å². The number of hydrogen-bond acceptors (Lipinski definition) is 4. The van der Waals surface area contributed by atoms with Gasteiger partial charge < -0.3 is 14.4 Å². The Morgan fingerprint density at radius 3 is 2.51 bits per heavy atom. The van der Waals surface area contributed by atoms with Crippen LogP contribution < -0.4 is 4.74 Å². The van der Waals surface area contributed by atoms with Gasteiger partial charge in [0.25, 0.3) is 0 Å². The first-order valence-corrected chi connectivity index (χ1v) is 12.0. The fraction of sp³-hybridized carbons (Fsp3) is 0.444. The SMILES string of the molecule is COc1ccc(-n2ccnc2C(F)(F)F)cc1[C@H]1CO[C@]2(CC[C@H](N(C)C)[C@H]2c2ccc(F)cc2)C1.Cl. The van der Waals surface area contributed by atoms with Crippen LogP contribution in [0.15, 0.2) is 54.9 Å². The molecule has 2 aliphatic rings. The van der Waals surface area contributed by atoms with E-state index in [-0.39, 0.29) is 36.1 Å². The number of rotatable bonds is 5. The largest absolute Gasteiger partial charge is 0.496 e. The minimum Gasteiger partial charge on any atom is -0.496 e. The van der Waals surface area contributed by atoms with E-state index in [2.05, 4.69) is 9.88 Å². The molecule has 1 aliphatic heterocycles. The Morgan fingerprint density at radius 1 is 1.14 bits per heavy atom. The zero-order valence-electron chi connectivity index (χ0n) is 20.8.